The highest BCUT2D eigenvalue weighted by Crippen LogP contribution is 2.34. The Kier molecular flexibility index (Phi) is 2.26. The van der Waals surface area contributed by atoms with E-state index in [9.17, 15) is 0 Å². The Labute approximate surface area is 77.6 Å². The highest BCUT2D eigenvalue weighted by molar-refractivity contribution is 8.03. The van der Waals surface area contributed by atoms with Crippen molar-refractivity contribution in [3.63, 3.8) is 0 Å². The molecule has 12 heavy (non-hydrogen) atoms. The van der Waals surface area contributed by atoms with Crippen molar-refractivity contribution < 1.29 is 0 Å². The average molecular weight is 179 g/mol. The molecule has 0 saturated carbocycles. The molecule has 64 valence electrons. The summed E-state index contributed by atoms with van der Waals surface area (Å²) >= 11 is 1.99. The van der Waals surface area contributed by atoms with Crippen molar-refractivity contribution in [2.24, 2.45) is 0 Å². The third-order valence-corrected chi connectivity index (χ3v) is 3.52. The lowest BCUT2D eigenvalue weighted by Crippen LogP contribution is -2.32. The minimum absolute atomic E-state index is 0.522. The van der Waals surface area contributed by atoms with Crippen LogP contribution in [-0.4, -0.2) is 11.3 Å². The van der Waals surface area contributed by atoms with Gasteiger partial charge >= 0.3 is 0 Å². The van der Waals surface area contributed by atoms with Gasteiger partial charge in [0.15, 0.2) is 0 Å². The summed E-state index contributed by atoms with van der Waals surface area (Å²) < 4.78 is 0. The summed E-state index contributed by atoms with van der Waals surface area (Å²) in [6.07, 6.45) is 11.9. The molecular weight excluding hydrogens is 166 g/mol. The Balaban J connectivity index is 1.95. The summed E-state index contributed by atoms with van der Waals surface area (Å²) in [7, 11) is 0. The van der Waals surface area contributed by atoms with Crippen molar-refractivity contribution in [3.05, 3.63) is 35.4 Å². The summed E-state index contributed by atoms with van der Waals surface area (Å²) in [6.45, 7) is 2.19. The van der Waals surface area contributed by atoms with E-state index >= 15 is 0 Å². The molecule has 0 aromatic rings. The van der Waals surface area contributed by atoms with Crippen LogP contribution in [0.5, 0.6) is 0 Å². The molecular formula is C10H13NS. The van der Waals surface area contributed by atoms with Gasteiger partial charge in [-0.25, -0.2) is 0 Å². The Morgan fingerprint density at radius 2 is 2.42 bits per heavy atom. The van der Waals surface area contributed by atoms with Gasteiger partial charge in [0.1, 0.15) is 0 Å². The molecule has 0 aliphatic carbocycles. The summed E-state index contributed by atoms with van der Waals surface area (Å²) in [5.41, 5.74) is 0. The zero-order chi connectivity index (χ0) is 8.39. The van der Waals surface area contributed by atoms with Crippen LogP contribution in [0.2, 0.25) is 0 Å². The minimum atomic E-state index is 0.522. The molecule has 2 heterocycles. The van der Waals surface area contributed by atoms with Crippen molar-refractivity contribution in [2.45, 2.75) is 24.6 Å². The SMILES string of the molecule is CC1=CCC(C2C=CC=CN2)S1. The van der Waals surface area contributed by atoms with Gasteiger partial charge in [-0.15, -0.1) is 11.8 Å². The van der Waals surface area contributed by atoms with Gasteiger partial charge in [0.25, 0.3) is 0 Å². The molecule has 0 radical (unpaired) electrons. The molecule has 0 aromatic heterocycles. The molecule has 2 aliphatic heterocycles. The van der Waals surface area contributed by atoms with Crippen LogP contribution in [0, 0.1) is 0 Å². The fraction of sp³-hybridized carbons (Fsp3) is 0.400. The number of nitrogens with one attached hydrogen (secondary N) is 1. The van der Waals surface area contributed by atoms with E-state index in [4.69, 9.17) is 0 Å². The first-order valence-electron chi connectivity index (χ1n) is 4.29. The smallest absolute Gasteiger partial charge is 0.0567 e. The zero-order valence-electron chi connectivity index (χ0n) is 7.16. The normalized spacial score (nSPS) is 33.2. The van der Waals surface area contributed by atoms with Crippen LogP contribution in [0.25, 0.3) is 0 Å². The van der Waals surface area contributed by atoms with Gasteiger partial charge in [-0.3, -0.25) is 0 Å². The van der Waals surface area contributed by atoms with E-state index in [0.717, 1.165) is 0 Å². The van der Waals surface area contributed by atoms with Crippen LogP contribution in [0.4, 0.5) is 0 Å². The Morgan fingerprint density at radius 1 is 1.50 bits per heavy atom. The summed E-state index contributed by atoms with van der Waals surface area (Å²) in [5.74, 6) is 0. The van der Waals surface area contributed by atoms with Crippen molar-refractivity contribution in [2.75, 3.05) is 0 Å². The predicted octanol–water partition coefficient (Wildman–Crippen LogP) is 2.44. The highest BCUT2D eigenvalue weighted by atomic mass is 32.2. The highest BCUT2D eigenvalue weighted by Gasteiger charge is 2.22. The first-order chi connectivity index (χ1) is 5.86. The van der Waals surface area contributed by atoms with E-state index in [1.807, 2.05) is 24.0 Å². The second-order valence-electron chi connectivity index (χ2n) is 3.14. The van der Waals surface area contributed by atoms with Gasteiger partial charge in [0.2, 0.25) is 0 Å². The van der Waals surface area contributed by atoms with Gasteiger partial charge in [-0.2, -0.15) is 0 Å². The van der Waals surface area contributed by atoms with Crippen molar-refractivity contribution >= 4 is 11.8 Å². The molecule has 2 aliphatic rings. The maximum atomic E-state index is 3.36. The van der Waals surface area contributed by atoms with Gasteiger partial charge in [-0.1, -0.05) is 18.2 Å². The molecule has 1 N–H and O–H groups in total. The predicted molar refractivity (Wildman–Crippen MR) is 55.0 cm³/mol. The van der Waals surface area contributed by atoms with Crippen LogP contribution < -0.4 is 5.32 Å². The Bertz CT molecular complexity index is 253. The van der Waals surface area contributed by atoms with E-state index in [2.05, 4.69) is 30.5 Å². The molecule has 1 nitrogen and oxygen atoms in total. The summed E-state index contributed by atoms with van der Waals surface area (Å²) in [5, 5.41) is 4.06. The Hall–Kier alpha value is -0.630. The lowest BCUT2D eigenvalue weighted by Gasteiger charge is -2.21. The number of thioether (sulfide) groups is 1. The van der Waals surface area contributed by atoms with E-state index in [0.29, 0.717) is 11.3 Å². The first kappa shape index (κ1) is 7.99. The molecule has 0 amide bonds. The minimum Gasteiger partial charge on any atom is -0.384 e. The van der Waals surface area contributed by atoms with Crippen LogP contribution in [0.15, 0.2) is 35.4 Å². The molecule has 0 bridgehead atoms. The standard InChI is InChI=1S/C10H13NS/c1-8-5-6-10(12-8)9-4-2-3-7-11-9/h2-5,7,9-11H,6H2,1H3. The number of dihydropyridines is 1. The lowest BCUT2D eigenvalue weighted by atomic mass is 10.1. The molecule has 0 saturated heterocycles. The summed E-state index contributed by atoms with van der Waals surface area (Å²) in [4.78, 5) is 1.46. The van der Waals surface area contributed by atoms with Crippen molar-refractivity contribution in [1.82, 2.24) is 5.32 Å². The third-order valence-electron chi connectivity index (χ3n) is 2.19. The lowest BCUT2D eigenvalue weighted by molar-refractivity contribution is 0.661. The van der Waals surface area contributed by atoms with Gasteiger partial charge in [-0.05, 0) is 30.5 Å². The maximum absolute atomic E-state index is 3.36. The molecule has 0 spiro atoms. The molecule has 2 unspecified atom stereocenters. The van der Waals surface area contributed by atoms with Gasteiger partial charge in [0.05, 0.1) is 6.04 Å². The fourth-order valence-electron chi connectivity index (χ4n) is 1.53. The maximum Gasteiger partial charge on any atom is 0.0567 e. The molecule has 2 rings (SSSR count). The van der Waals surface area contributed by atoms with Crippen LogP contribution in [0.3, 0.4) is 0 Å². The number of hydrogen-bond donors (Lipinski definition) is 1. The monoisotopic (exact) mass is 179 g/mol. The summed E-state index contributed by atoms with van der Waals surface area (Å²) in [6, 6.07) is 0.522. The quantitative estimate of drug-likeness (QED) is 0.663. The number of allylic oxidation sites excluding steroid dienone is 4. The third kappa shape index (κ3) is 1.58. The zero-order valence-corrected chi connectivity index (χ0v) is 7.97. The molecule has 2 atom stereocenters. The largest absolute Gasteiger partial charge is 0.384 e. The second kappa shape index (κ2) is 3.40. The van der Waals surface area contributed by atoms with Crippen molar-refractivity contribution in [1.29, 1.82) is 0 Å². The van der Waals surface area contributed by atoms with Crippen LogP contribution >= 0.6 is 11.8 Å². The fourth-order valence-corrected chi connectivity index (χ4v) is 2.71. The van der Waals surface area contributed by atoms with Gasteiger partial charge in [0, 0.05) is 5.25 Å². The average Bonchev–Trinajstić information content (AvgIpc) is 2.54. The van der Waals surface area contributed by atoms with E-state index < -0.39 is 0 Å². The molecule has 0 fully saturated rings. The van der Waals surface area contributed by atoms with Crippen LogP contribution in [-0.2, 0) is 0 Å². The first-order valence-corrected chi connectivity index (χ1v) is 5.17. The van der Waals surface area contributed by atoms with E-state index in [1.165, 1.54) is 11.3 Å². The number of rotatable bonds is 1. The molecule has 0 aromatic carbocycles. The van der Waals surface area contributed by atoms with Gasteiger partial charge < -0.3 is 5.32 Å². The van der Waals surface area contributed by atoms with E-state index in [-0.39, 0.29) is 0 Å². The number of hydrogen-bond acceptors (Lipinski definition) is 2. The van der Waals surface area contributed by atoms with Crippen LogP contribution in [0.1, 0.15) is 13.3 Å². The van der Waals surface area contributed by atoms with Crippen molar-refractivity contribution in [3.8, 4) is 0 Å². The topological polar surface area (TPSA) is 12.0 Å². The molecule has 2 heteroatoms. The Morgan fingerprint density at radius 3 is 3.00 bits per heavy atom. The second-order valence-corrected chi connectivity index (χ2v) is 4.63. The van der Waals surface area contributed by atoms with E-state index in [1.54, 1.807) is 0 Å².